The van der Waals surface area contributed by atoms with Crippen LogP contribution in [0.4, 0.5) is 0 Å². The van der Waals surface area contributed by atoms with E-state index < -0.39 is 0 Å². The summed E-state index contributed by atoms with van der Waals surface area (Å²) in [5.74, 6) is 1.12. The highest BCUT2D eigenvalue weighted by molar-refractivity contribution is 5.78. The van der Waals surface area contributed by atoms with Crippen LogP contribution in [0.15, 0.2) is 47.8 Å². The van der Waals surface area contributed by atoms with Crippen molar-refractivity contribution < 1.29 is 0 Å². The third kappa shape index (κ3) is 1.95. The lowest BCUT2D eigenvalue weighted by atomic mass is 10.2. The molecule has 4 rings (SSSR count). The first kappa shape index (κ1) is 12.6. The zero-order valence-corrected chi connectivity index (χ0v) is 11.8. The fourth-order valence-electron chi connectivity index (χ4n) is 2.47. The lowest BCUT2D eigenvalue weighted by Crippen LogP contribution is -2.21. The molecule has 7 heteroatoms. The Labute approximate surface area is 124 Å². The van der Waals surface area contributed by atoms with Crippen LogP contribution in [0.1, 0.15) is 11.4 Å². The molecule has 0 aliphatic carbocycles. The van der Waals surface area contributed by atoms with Gasteiger partial charge in [0.1, 0.15) is 5.82 Å². The van der Waals surface area contributed by atoms with Gasteiger partial charge in [0.2, 0.25) is 0 Å². The average Bonchev–Trinajstić information content (AvgIpc) is 2.91. The van der Waals surface area contributed by atoms with Crippen LogP contribution in [0.3, 0.4) is 0 Å². The van der Waals surface area contributed by atoms with Gasteiger partial charge in [0.25, 0.3) is 11.3 Å². The predicted octanol–water partition coefficient (Wildman–Crippen LogP) is 1.19. The number of hydrogen-bond acceptors (Lipinski definition) is 5. The molecule has 7 nitrogen and oxygen atoms in total. The Kier molecular flexibility index (Phi) is 2.72. The number of aryl methyl sites for hydroxylation is 1. The van der Waals surface area contributed by atoms with Crippen molar-refractivity contribution in [1.82, 2.24) is 29.1 Å². The Morgan fingerprint density at radius 2 is 2.14 bits per heavy atom. The molecule has 0 aromatic carbocycles. The Morgan fingerprint density at radius 1 is 1.23 bits per heavy atom. The lowest BCUT2D eigenvalue weighted by Gasteiger charge is -2.07. The summed E-state index contributed by atoms with van der Waals surface area (Å²) in [6, 6.07) is 5.65. The fraction of sp³-hybridized carbons (Fsp3) is 0.133. The van der Waals surface area contributed by atoms with Crippen molar-refractivity contribution in [2.24, 2.45) is 0 Å². The molecule has 0 aliphatic rings. The number of hydrogen-bond donors (Lipinski definition) is 0. The van der Waals surface area contributed by atoms with E-state index in [9.17, 15) is 4.79 Å². The van der Waals surface area contributed by atoms with Gasteiger partial charge in [-0.3, -0.25) is 9.78 Å². The molecule has 4 heterocycles. The van der Waals surface area contributed by atoms with Crippen LogP contribution in [-0.2, 0) is 6.54 Å². The van der Waals surface area contributed by atoms with Gasteiger partial charge in [0, 0.05) is 24.8 Å². The van der Waals surface area contributed by atoms with Crippen molar-refractivity contribution in [2.45, 2.75) is 13.5 Å². The molecular weight excluding hydrogens is 280 g/mol. The zero-order chi connectivity index (χ0) is 15.1. The van der Waals surface area contributed by atoms with Crippen LogP contribution in [-0.4, -0.2) is 29.1 Å². The fourth-order valence-corrected chi connectivity index (χ4v) is 2.47. The van der Waals surface area contributed by atoms with Gasteiger partial charge >= 0.3 is 0 Å². The second-order valence-corrected chi connectivity index (χ2v) is 5.04. The number of aromatic nitrogens is 6. The number of nitrogens with zero attached hydrogens (tertiary/aromatic N) is 6. The van der Waals surface area contributed by atoms with E-state index in [4.69, 9.17) is 0 Å². The first-order valence-corrected chi connectivity index (χ1v) is 6.83. The largest absolute Gasteiger partial charge is 0.310 e. The smallest absolute Gasteiger partial charge is 0.261 e. The molecule has 0 fully saturated rings. The summed E-state index contributed by atoms with van der Waals surface area (Å²) in [6.45, 7) is 2.27. The van der Waals surface area contributed by atoms with E-state index in [-0.39, 0.29) is 5.56 Å². The minimum atomic E-state index is -0.107. The highest BCUT2D eigenvalue weighted by Gasteiger charge is 2.10. The average molecular weight is 292 g/mol. The van der Waals surface area contributed by atoms with Gasteiger partial charge in [-0.15, -0.1) is 5.10 Å². The molecule has 0 spiro atoms. The molecule has 0 amide bonds. The van der Waals surface area contributed by atoms with Gasteiger partial charge in [-0.25, -0.2) is 4.98 Å². The van der Waals surface area contributed by atoms with Crippen LogP contribution in [0.25, 0.3) is 16.7 Å². The molecule has 0 radical (unpaired) electrons. The molecule has 4 aromatic heterocycles. The molecule has 0 saturated carbocycles. The minimum absolute atomic E-state index is 0.107. The van der Waals surface area contributed by atoms with E-state index in [1.54, 1.807) is 40.8 Å². The van der Waals surface area contributed by atoms with Crippen LogP contribution < -0.4 is 5.56 Å². The van der Waals surface area contributed by atoms with E-state index in [1.165, 1.54) is 0 Å². The maximum atomic E-state index is 12.6. The summed E-state index contributed by atoms with van der Waals surface area (Å²) in [7, 11) is 0. The van der Waals surface area contributed by atoms with Gasteiger partial charge in [-0.1, -0.05) is 6.07 Å². The highest BCUT2D eigenvalue weighted by Crippen LogP contribution is 2.10. The van der Waals surface area contributed by atoms with Crippen molar-refractivity contribution in [3.8, 4) is 0 Å². The third-order valence-electron chi connectivity index (χ3n) is 3.49. The summed E-state index contributed by atoms with van der Waals surface area (Å²) in [4.78, 5) is 25.1. The Bertz CT molecular complexity index is 1030. The molecule has 0 bridgehead atoms. The second kappa shape index (κ2) is 4.73. The quantitative estimate of drug-likeness (QED) is 0.554. The van der Waals surface area contributed by atoms with Crippen LogP contribution >= 0.6 is 0 Å². The summed E-state index contributed by atoms with van der Waals surface area (Å²) in [5.41, 5.74) is 1.57. The van der Waals surface area contributed by atoms with E-state index >= 15 is 0 Å². The topological polar surface area (TPSA) is 78.0 Å². The summed E-state index contributed by atoms with van der Waals surface area (Å²) in [5, 5.41) is 4.80. The second-order valence-electron chi connectivity index (χ2n) is 5.04. The Hall–Kier alpha value is -3.09. The molecule has 0 saturated heterocycles. The van der Waals surface area contributed by atoms with E-state index in [1.807, 2.05) is 18.2 Å². The van der Waals surface area contributed by atoms with E-state index in [0.717, 1.165) is 5.56 Å². The van der Waals surface area contributed by atoms with E-state index in [0.29, 0.717) is 29.0 Å². The summed E-state index contributed by atoms with van der Waals surface area (Å²) in [6.07, 6.45) is 6.77. The molecule has 0 aliphatic heterocycles. The Balaban J connectivity index is 1.90. The Morgan fingerprint density at radius 3 is 2.95 bits per heavy atom. The van der Waals surface area contributed by atoms with Gasteiger partial charge in [-0.2, -0.15) is 9.50 Å². The number of rotatable bonds is 2. The zero-order valence-electron chi connectivity index (χ0n) is 11.8. The number of fused-ring (bicyclic) bond motifs is 3. The standard InChI is InChI=1S/C15H12N6O/c1-10-18-15-17-8-12-13(21(15)19-10)4-6-20(14(12)22)9-11-3-2-5-16-7-11/h2-8H,9H2,1H3. The van der Waals surface area contributed by atoms with Crippen LogP contribution in [0.5, 0.6) is 0 Å². The van der Waals surface area contributed by atoms with E-state index in [2.05, 4.69) is 20.1 Å². The molecule has 0 atom stereocenters. The van der Waals surface area contributed by atoms with Gasteiger partial charge in [0.05, 0.1) is 17.4 Å². The van der Waals surface area contributed by atoms with Crippen molar-refractivity contribution in [3.63, 3.8) is 0 Å². The third-order valence-corrected chi connectivity index (χ3v) is 3.49. The number of pyridine rings is 2. The first-order chi connectivity index (χ1) is 10.7. The van der Waals surface area contributed by atoms with Crippen molar-refractivity contribution in [1.29, 1.82) is 0 Å². The molecule has 0 N–H and O–H groups in total. The monoisotopic (exact) mass is 292 g/mol. The van der Waals surface area contributed by atoms with Crippen LogP contribution in [0, 0.1) is 6.92 Å². The van der Waals surface area contributed by atoms with Crippen molar-refractivity contribution >= 4 is 16.7 Å². The molecule has 0 unspecified atom stereocenters. The molecule has 4 aromatic rings. The first-order valence-electron chi connectivity index (χ1n) is 6.83. The van der Waals surface area contributed by atoms with Crippen molar-refractivity contribution in [3.05, 3.63) is 64.7 Å². The summed E-state index contributed by atoms with van der Waals surface area (Å²) < 4.78 is 3.23. The maximum Gasteiger partial charge on any atom is 0.261 e. The normalized spacial score (nSPS) is 11.3. The molecule has 108 valence electrons. The molecule has 22 heavy (non-hydrogen) atoms. The summed E-state index contributed by atoms with van der Waals surface area (Å²) >= 11 is 0. The SMILES string of the molecule is Cc1nc2ncc3c(=O)n(Cc4cccnc4)ccc3n2n1. The highest BCUT2D eigenvalue weighted by atomic mass is 16.1. The lowest BCUT2D eigenvalue weighted by molar-refractivity contribution is 0.762. The van der Waals surface area contributed by atoms with Gasteiger partial charge in [-0.05, 0) is 24.6 Å². The van der Waals surface area contributed by atoms with Crippen molar-refractivity contribution in [2.75, 3.05) is 0 Å². The minimum Gasteiger partial charge on any atom is -0.310 e. The maximum absolute atomic E-state index is 12.6. The molecular formula is C15H12N6O. The van der Waals surface area contributed by atoms with Gasteiger partial charge in [0.15, 0.2) is 0 Å². The van der Waals surface area contributed by atoms with Gasteiger partial charge < -0.3 is 4.57 Å². The van der Waals surface area contributed by atoms with Crippen LogP contribution in [0.2, 0.25) is 0 Å². The predicted molar refractivity (Wildman–Crippen MR) is 80.6 cm³/mol.